The first kappa shape index (κ1) is 18.1. The second-order valence-corrected chi connectivity index (χ2v) is 6.46. The second kappa shape index (κ2) is 8.47. The van der Waals surface area contributed by atoms with Crippen molar-refractivity contribution in [1.29, 1.82) is 0 Å². The SMILES string of the molecule is CC(C=CC1=C(C)CCCC1(C)C)=CC=CC(C=O)=CC=O. The van der Waals surface area contributed by atoms with Crippen LogP contribution in [-0.4, -0.2) is 12.6 Å². The summed E-state index contributed by atoms with van der Waals surface area (Å²) in [5.74, 6) is 0. The molecular weight excluding hydrogens is 272 g/mol. The summed E-state index contributed by atoms with van der Waals surface area (Å²) < 4.78 is 0. The van der Waals surface area contributed by atoms with Crippen molar-refractivity contribution in [2.45, 2.75) is 47.0 Å². The van der Waals surface area contributed by atoms with E-state index in [0.29, 0.717) is 18.1 Å². The molecule has 0 aromatic rings. The number of allylic oxidation sites excluding steroid dienone is 10. The Morgan fingerprint density at radius 2 is 1.86 bits per heavy atom. The van der Waals surface area contributed by atoms with Crippen molar-refractivity contribution in [1.82, 2.24) is 0 Å². The van der Waals surface area contributed by atoms with E-state index in [9.17, 15) is 9.59 Å². The van der Waals surface area contributed by atoms with E-state index in [4.69, 9.17) is 0 Å². The van der Waals surface area contributed by atoms with Gasteiger partial charge in [0.25, 0.3) is 0 Å². The monoisotopic (exact) mass is 298 g/mol. The highest BCUT2D eigenvalue weighted by Gasteiger charge is 2.26. The lowest BCUT2D eigenvalue weighted by molar-refractivity contribution is -0.106. The molecule has 0 atom stereocenters. The summed E-state index contributed by atoms with van der Waals surface area (Å²) in [7, 11) is 0. The van der Waals surface area contributed by atoms with Crippen molar-refractivity contribution in [2.24, 2.45) is 5.41 Å². The lowest BCUT2D eigenvalue weighted by Crippen LogP contribution is -2.19. The van der Waals surface area contributed by atoms with Gasteiger partial charge in [0.05, 0.1) is 0 Å². The molecule has 0 amide bonds. The van der Waals surface area contributed by atoms with Crippen molar-refractivity contribution < 1.29 is 9.59 Å². The lowest BCUT2D eigenvalue weighted by Gasteiger charge is -2.32. The Hall–Kier alpha value is -1.96. The van der Waals surface area contributed by atoms with Crippen LogP contribution in [0.15, 0.2) is 58.7 Å². The van der Waals surface area contributed by atoms with Crippen LogP contribution in [0.1, 0.15) is 47.0 Å². The van der Waals surface area contributed by atoms with Gasteiger partial charge in [-0.25, -0.2) is 0 Å². The van der Waals surface area contributed by atoms with E-state index in [1.165, 1.54) is 36.5 Å². The summed E-state index contributed by atoms with van der Waals surface area (Å²) in [4.78, 5) is 21.0. The minimum absolute atomic E-state index is 0.242. The smallest absolute Gasteiger partial charge is 0.150 e. The predicted octanol–water partition coefficient (Wildman–Crippen LogP) is 4.90. The van der Waals surface area contributed by atoms with Crippen LogP contribution in [0.4, 0.5) is 0 Å². The van der Waals surface area contributed by atoms with Gasteiger partial charge in [0, 0.05) is 5.57 Å². The summed E-state index contributed by atoms with van der Waals surface area (Å²) in [6.07, 6.45) is 15.9. The zero-order valence-electron chi connectivity index (χ0n) is 14.1. The second-order valence-electron chi connectivity index (χ2n) is 6.46. The van der Waals surface area contributed by atoms with Gasteiger partial charge in [-0.2, -0.15) is 0 Å². The number of hydrogen-bond donors (Lipinski definition) is 0. The Morgan fingerprint density at radius 1 is 1.14 bits per heavy atom. The van der Waals surface area contributed by atoms with E-state index in [2.05, 4.69) is 32.9 Å². The zero-order valence-corrected chi connectivity index (χ0v) is 14.1. The summed E-state index contributed by atoms with van der Waals surface area (Å²) in [6.45, 7) is 8.85. The standard InChI is InChI=1S/C20H26O2/c1-16(7-5-9-18(15-22)12-14-21)10-11-19-17(2)8-6-13-20(19,3)4/h5,7,9-12,14-15H,6,8,13H2,1-4H3. The maximum Gasteiger partial charge on any atom is 0.150 e. The fourth-order valence-electron chi connectivity index (χ4n) is 2.80. The zero-order chi connectivity index (χ0) is 16.6. The normalized spacial score (nSPS) is 20.0. The summed E-state index contributed by atoms with van der Waals surface area (Å²) in [6, 6.07) is 0. The van der Waals surface area contributed by atoms with Gasteiger partial charge in [0.1, 0.15) is 12.6 Å². The van der Waals surface area contributed by atoms with E-state index < -0.39 is 0 Å². The maximum atomic E-state index is 10.7. The molecule has 0 radical (unpaired) electrons. The fourth-order valence-corrected chi connectivity index (χ4v) is 2.80. The molecule has 0 bridgehead atoms. The third-order valence-corrected chi connectivity index (χ3v) is 4.10. The Labute approximate surface area is 134 Å². The molecule has 1 rings (SSSR count). The lowest BCUT2D eigenvalue weighted by atomic mass is 9.72. The highest BCUT2D eigenvalue weighted by molar-refractivity contribution is 5.84. The molecule has 0 fully saturated rings. The van der Waals surface area contributed by atoms with Gasteiger partial charge >= 0.3 is 0 Å². The van der Waals surface area contributed by atoms with Crippen LogP contribution in [0, 0.1) is 5.41 Å². The highest BCUT2D eigenvalue weighted by Crippen LogP contribution is 2.40. The molecule has 2 heteroatoms. The van der Waals surface area contributed by atoms with Crippen LogP contribution >= 0.6 is 0 Å². The first-order chi connectivity index (χ1) is 10.4. The number of hydrogen-bond acceptors (Lipinski definition) is 2. The summed E-state index contributed by atoms with van der Waals surface area (Å²) in [5.41, 5.74) is 4.63. The van der Waals surface area contributed by atoms with E-state index >= 15 is 0 Å². The molecule has 0 aliphatic heterocycles. The molecule has 2 nitrogen and oxygen atoms in total. The molecular formula is C20H26O2. The van der Waals surface area contributed by atoms with Gasteiger partial charge in [0.15, 0.2) is 0 Å². The molecule has 0 N–H and O–H groups in total. The van der Waals surface area contributed by atoms with Crippen molar-refractivity contribution in [3.8, 4) is 0 Å². The summed E-state index contributed by atoms with van der Waals surface area (Å²) >= 11 is 0. The van der Waals surface area contributed by atoms with Crippen LogP contribution in [0.3, 0.4) is 0 Å². The third-order valence-electron chi connectivity index (χ3n) is 4.10. The summed E-state index contributed by atoms with van der Waals surface area (Å²) in [5, 5.41) is 0. The van der Waals surface area contributed by atoms with Crippen LogP contribution < -0.4 is 0 Å². The molecule has 0 saturated heterocycles. The number of aldehydes is 2. The van der Waals surface area contributed by atoms with Crippen molar-refractivity contribution in [3.63, 3.8) is 0 Å². The first-order valence-electron chi connectivity index (χ1n) is 7.74. The number of rotatable bonds is 6. The Morgan fingerprint density at radius 3 is 2.45 bits per heavy atom. The van der Waals surface area contributed by atoms with E-state index in [1.54, 1.807) is 12.2 Å². The average molecular weight is 298 g/mol. The molecule has 22 heavy (non-hydrogen) atoms. The maximum absolute atomic E-state index is 10.7. The van der Waals surface area contributed by atoms with Crippen molar-refractivity contribution in [2.75, 3.05) is 0 Å². The van der Waals surface area contributed by atoms with Gasteiger partial charge in [0.2, 0.25) is 0 Å². The minimum Gasteiger partial charge on any atom is -0.299 e. The Bertz CT molecular complexity index is 567. The van der Waals surface area contributed by atoms with E-state index in [1.807, 2.05) is 13.0 Å². The molecule has 0 spiro atoms. The van der Waals surface area contributed by atoms with Gasteiger partial charge in [-0.3, -0.25) is 9.59 Å². The molecule has 0 heterocycles. The van der Waals surface area contributed by atoms with Gasteiger partial charge < -0.3 is 0 Å². The Balaban J connectivity index is 2.83. The molecule has 0 aromatic carbocycles. The predicted molar refractivity (Wildman–Crippen MR) is 92.6 cm³/mol. The van der Waals surface area contributed by atoms with Crippen molar-refractivity contribution in [3.05, 3.63) is 58.7 Å². The van der Waals surface area contributed by atoms with Crippen molar-refractivity contribution >= 4 is 12.6 Å². The van der Waals surface area contributed by atoms with E-state index in [-0.39, 0.29) is 5.41 Å². The first-order valence-corrected chi connectivity index (χ1v) is 7.74. The average Bonchev–Trinajstić information content (AvgIpc) is 2.45. The third kappa shape index (κ3) is 5.44. The fraction of sp³-hybridized carbons (Fsp3) is 0.400. The molecule has 1 aliphatic carbocycles. The molecule has 1 aliphatic rings. The topological polar surface area (TPSA) is 34.1 Å². The molecule has 0 saturated carbocycles. The Kier molecular flexibility index (Phi) is 6.97. The largest absolute Gasteiger partial charge is 0.299 e. The number of carbonyl (C=O) groups excluding carboxylic acids is 2. The van der Waals surface area contributed by atoms with Crippen LogP contribution in [0.5, 0.6) is 0 Å². The van der Waals surface area contributed by atoms with Crippen LogP contribution in [0.2, 0.25) is 0 Å². The molecule has 118 valence electrons. The highest BCUT2D eigenvalue weighted by atomic mass is 16.1. The van der Waals surface area contributed by atoms with E-state index in [0.717, 1.165) is 5.57 Å². The minimum atomic E-state index is 0.242. The van der Waals surface area contributed by atoms with Crippen LogP contribution in [0.25, 0.3) is 0 Å². The van der Waals surface area contributed by atoms with Gasteiger partial charge in [-0.15, -0.1) is 0 Å². The van der Waals surface area contributed by atoms with Crippen LogP contribution in [-0.2, 0) is 9.59 Å². The molecule has 0 aromatic heterocycles. The molecule has 0 unspecified atom stereocenters. The number of carbonyl (C=O) groups is 2. The quantitative estimate of drug-likeness (QED) is 0.397. The van der Waals surface area contributed by atoms with Gasteiger partial charge in [-0.1, -0.05) is 55.4 Å². The van der Waals surface area contributed by atoms with Gasteiger partial charge in [-0.05, 0) is 50.2 Å².